The van der Waals surface area contributed by atoms with Crippen molar-refractivity contribution in [2.45, 2.75) is 25.3 Å². The van der Waals surface area contributed by atoms with Crippen molar-refractivity contribution in [1.29, 1.82) is 0 Å². The van der Waals surface area contributed by atoms with Gasteiger partial charge in [0.25, 0.3) is 0 Å². The minimum Gasteiger partial charge on any atom is -0.459 e. The van der Waals surface area contributed by atoms with Crippen LogP contribution in [0, 0.1) is 6.92 Å². The average molecular weight is 272 g/mol. The molecule has 0 saturated carbocycles. The average Bonchev–Trinajstić information content (AvgIpc) is 2.74. The zero-order valence-corrected chi connectivity index (χ0v) is 12.0. The third-order valence-corrected chi connectivity index (χ3v) is 4.31. The van der Waals surface area contributed by atoms with Crippen molar-refractivity contribution in [3.05, 3.63) is 30.0 Å². The number of hydrogen-bond acceptors (Lipinski definition) is 4. The summed E-state index contributed by atoms with van der Waals surface area (Å²) in [5, 5.41) is 4.55. The van der Waals surface area contributed by atoms with E-state index in [0.717, 1.165) is 37.1 Å². The highest BCUT2D eigenvalue weighted by Gasteiger charge is 2.42. The third-order valence-electron chi connectivity index (χ3n) is 4.31. The summed E-state index contributed by atoms with van der Waals surface area (Å²) < 4.78 is 5.82. The first-order valence-electron chi connectivity index (χ1n) is 7.05. The number of para-hydroxylation sites is 1. The zero-order chi connectivity index (χ0) is 14.2. The number of rotatable bonds is 5. The maximum Gasteiger partial charge on any atom is 0.136 e. The van der Waals surface area contributed by atoms with E-state index in [4.69, 9.17) is 4.42 Å². The van der Waals surface area contributed by atoms with E-state index in [-0.39, 0.29) is 5.54 Å². The summed E-state index contributed by atoms with van der Waals surface area (Å²) in [6.45, 7) is 3.85. The predicted octanol–water partition coefficient (Wildman–Crippen LogP) is 2.50. The lowest BCUT2D eigenvalue weighted by atomic mass is 9.84. The Bertz CT molecular complexity index is 626. The molecule has 1 fully saturated rings. The quantitative estimate of drug-likeness (QED) is 0.849. The highest BCUT2D eigenvalue weighted by atomic mass is 16.3. The van der Waals surface area contributed by atoms with Gasteiger partial charge in [0.2, 0.25) is 0 Å². The molecule has 4 heteroatoms. The first-order valence-corrected chi connectivity index (χ1v) is 7.05. The molecule has 20 heavy (non-hydrogen) atoms. The normalized spacial score (nSPS) is 17.2. The zero-order valence-electron chi connectivity index (χ0n) is 12.0. The number of aryl methyl sites for hydroxylation is 1. The third kappa shape index (κ3) is 2.00. The molecule has 1 aliphatic heterocycles. The Kier molecular flexibility index (Phi) is 3.26. The van der Waals surface area contributed by atoms with Crippen LogP contribution in [0.25, 0.3) is 11.0 Å². The molecule has 1 aliphatic rings. The Morgan fingerprint density at radius 3 is 2.85 bits per heavy atom. The largest absolute Gasteiger partial charge is 0.459 e. The van der Waals surface area contributed by atoms with Crippen LogP contribution in [0.4, 0.5) is 5.69 Å². The summed E-state index contributed by atoms with van der Waals surface area (Å²) in [5.41, 5.74) is 2.19. The van der Waals surface area contributed by atoms with Gasteiger partial charge in [-0.1, -0.05) is 12.1 Å². The SMILES string of the molecule is CNC1(CCC=O)CN(c2c(C)oc3ccccc23)C1. The Labute approximate surface area is 118 Å². The van der Waals surface area contributed by atoms with Gasteiger partial charge in [-0.25, -0.2) is 0 Å². The summed E-state index contributed by atoms with van der Waals surface area (Å²) in [4.78, 5) is 12.9. The van der Waals surface area contributed by atoms with Gasteiger partial charge in [0.15, 0.2) is 0 Å². The molecule has 106 valence electrons. The van der Waals surface area contributed by atoms with E-state index in [0.29, 0.717) is 6.42 Å². The van der Waals surface area contributed by atoms with Crippen molar-refractivity contribution >= 4 is 22.9 Å². The van der Waals surface area contributed by atoms with Gasteiger partial charge in [0.05, 0.1) is 11.2 Å². The second-order valence-corrected chi connectivity index (χ2v) is 5.59. The van der Waals surface area contributed by atoms with Crippen LogP contribution in [0.3, 0.4) is 0 Å². The van der Waals surface area contributed by atoms with E-state index in [9.17, 15) is 4.79 Å². The molecular formula is C16H20N2O2. The molecule has 0 aliphatic carbocycles. The number of anilines is 1. The lowest BCUT2D eigenvalue weighted by Gasteiger charge is -2.51. The van der Waals surface area contributed by atoms with Crippen LogP contribution in [0.5, 0.6) is 0 Å². The van der Waals surface area contributed by atoms with Crippen LogP contribution in [-0.2, 0) is 4.79 Å². The Hall–Kier alpha value is -1.81. The van der Waals surface area contributed by atoms with Gasteiger partial charge in [-0.05, 0) is 32.5 Å². The summed E-state index contributed by atoms with van der Waals surface area (Å²) in [5.74, 6) is 0.964. The molecule has 0 amide bonds. The number of nitrogens with zero attached hydrogens (tertiary/aromatic N) is 1. The van der Waals surface area contributed by atoms with E-state index in [1.165, 1.54) is 11.1 Å². The van der Waals surface area contributed by atoms with Gasteiger partial charge in [0, 0.05) is 24.9 Å². The van der Waals surface area contributed by atoms with Gasteiger partial charge in [-0.2, -0.15) is 0 Å². The van der Waals surface area contributed by atoms with Crippen LogP contribution in [0.2, 0.25) is 0 Å². The molecule has 3 rings (SSSR count). The lowest BCUT2D eigenvalue weighted by molar-refractivity contribution is -0.108. The van der Waals surface area contributed by atoms with Gasteiger partial charge in [-0.15, -0.1) is 0 Å². The number of furan rings is 1. The molecule has 1 aromatic carbocycles. The van der Waals surface area contributed by atoms with Gasteiger partial charge in [0.1, 0.15) is 17.6 Å². The highest BCUT2D eigenvalue weighted by Crippen LogP contribution is 2.39. The Balaban J connectivity index is 1.84. The number of fused-ring (bicyclic) bond motifs is 1. The molecule has 1 aromatic heterocycles. The number of likely N-dealkylation sites (N-methyl/N-ethyl adjacent to an activating group) is 1. The molecule has 2 aromatic rings. The van der Waals surface area contributed by atoms with E-state index in [2.05, 4.69) is 16.3 Å². The van der Waals surface area contributed by atoms with Gasteiger partial charge < -0.3 is 19.4 Å². The fourth-order valence-electron chi connectivity index (χ4n) is 3.17. The molecule has 0 spiro atoms. The fraction of sp³-hybridized carbons (Fsp3) is 0.438. The van der Waals surface area contributed by atoms with Crippen molar-refractivity contribution in [2.75, 3.05) is 25.0 Å². The topological polar surface area (TPSA) is 45.5 Å². The number of hydrogen-bond donors (Lipinski definition) is 1. The molecule has 0 radical (unpaired) electrons. The summed E-state index contributed by atoms with van der Waals surface area (Å²) in [6.07, 6.45) is 2.50. The second kappa shape index (κ2) is 4.94. The van der Waals surface area contributed by atoms with Crippen LogP contribution in [0.15, 0.2) is 28.7 Å². The summed E-state index contributed by atoms with van der Waals surface area (Å²) >= 11 is 0. The molecule has 2 heterocycles. The van der Waals surface area contributed by atoms with Crippen molar-refractivity contribution < 1.29 is 9.21 Å². The van der Waals surface area contributed by atoms with Crippen LogP contribution >= 0.6 is 0 Å². The van der Waals surface area contributed by atoms with Gasteiger partial charge >= 0.3 is 0 Å². The fourth-order valence-corrected chi connectivity index (χ4v) is 3.17. The Morgan fingerprint density at radius 2 is 2.15 bits per heavy atom. The van der Waals surface area contributed by atoms with Crippen molar-refractivity contribution in [2.24, 2.45) is 0 Å². The number of nitrogens with one attached hydrogen (secondary N) is 1. The van der Waals surface area contributed by atoms with Crippen molar-refractivity contribution in [3.63, 3.8) is 0 Å². The molecule has 4 nitrogen and oxygen atoms in total. The van der Waals surface area contributed by atoms with Crippen LogP contribution in [0.1, 0.15) is 18.6 Å². The second-order valence-electron chi connectivity index (χ2n) is 5.59. The minimum absolute atomic E-state index is 0.0612. The van der Waals surface area contributed by atoms with Crippen molar-refractivity contribution in [3.8, 4) is 0 Å². The molecular weight excluding hydrogens is 252 g/mol. The highest BCUT2D eigenvalue weighted by molar-refractivity contribution is 5.93. The Morgan fingerprint density at radius 1 is 1.40 bits per heavy atom. The first kappa shape index (κ1) is 13.2. The summed E-state index contributed by atoms with van der Waals surface area (Å²) in [7, 11) is 1.97. The molecule has 0 unspecified atom stereocenters. The standard InChI is InChI=1S/C16H20N2O2/c1-12-15(13-6-3-4-7-14(13)20-12)18-10-16(11-18,17-2)8-5-9-19/h3-4,6-7,9,17H,5,8,10-11H2,1-2H3. The number of aldehydes is 1. The molecule has 0 atom stereocenters. The summed E-state index contributed by atoms with van der Waals surface area (Å²) in [6, 6.07) is 8.14. The first-order chi connectivity index (χ1) is 9.69. The van der Waals surface area contributed by atoms with Crippen LogP contribution < -0.4 is 10.2 Å². The molecule has 1 saturated heterocycles. The van der Waals surface area contributed by atoms with E-state index >= 15 is 0 Å². The van der Waals surface area contributed by atoms with Crippen molar-refractivity contribution in [1.82, 2.24) is 5.32 Å². The smallest absolute Gasteiger partial charge is 0.136 e. The lowest BCUT2D eigenvalue weighted by Crippen LogP contribution is -2.68. The van der Waals surface area contributed by atoms with E-state index in [1.807, 2.05) is 32.2 Å². The van der Waals surface area contributed by atoms with E-state index in [1.54, 1.807) is 0 Å². The van der Waals surface area contributed by atoms with E-state index < -0.39 is 0 Å². The number of benzene rings is 1. The van der Waals surface area contributed by atoms with Gasteiger partial charge in [-0.3, -0.25) is 0 Å². The molecule has 0 bridgehead atoms. The maximum absolute atomic E-state index is 10.6. The van der Waals surface area contributed by atoms with Crippen LogP contribution in [-0.4, -0.2) is 32.0 Å². The minimum atomic E-state index is 0.0612. The molecule has 1 N–H and O–H groups in total. The predicted molar refractivity (Wildman–Crippen MR) is 80.3 cm³/mol. The monoisotopic (exact) mass is 272 g/mol. The maximum atomic E-state index is 10.6. The number of carbonyl (C=O) groups excluding carboxylic acids is 1. The number of carbonyl (C=O) groups is 1.